The lowest BCUT2D eigenvalue weighted by Gasteiger charge is -2.31. The minimum atomic E-state index is -3.19. The molecule has 9 heteroatoms. The highest BCUT2D eigenvalue weighted by Crippen LogP contribution is 2.18. The number of aromatic nitrogens is 3. The van der Waals surface area contributed by atoms with Gasteiger partial charge in [0.25, 0.3) is 0 Å². The zero-order valence-corrected chi connectivity index (χ0v) is 15.2. The first-order valence-corrected chi connectivity index (χ1v) is 9.74. The van der Waals surface area contributed by atoms with E-state index in [0.717, 1.165) is 28.4 Å². The molecule has 1 fully saturated rings. The number of rotatable bonds is 4. The lowest BCUT2D eigenvalue weighted by Crippen LogP contribution is -2.47. The zero-order chi connectivity index (χ0) is 17.5. The number of sulfonamides is 1. The van der Waals surface area contributed by atoms with Crippen LogP contribution in [0.25, 0.3) is 5.65 Å². The second kappa shape index (κ2) is 6.30. The van der Waals surface area contributed by atoms with Gasteiger partial charge >= 0.3 is 0 Å². The zero-order valence-electron chi connectivity index (χ0n) is 14.4. The Morgan fingerprint density at radius 3 is 2.83 bits per heavy atom. The Labute approximate surface area is 141 Å². The van der Waals surface area contributed by atoms with Crippen LogP contribution < -0.4 is 5.32 Å². The lowest BCUT2D eigenvalue weighted by atomic mass is 10.3. The van der Waals surface area contributed by atoms with Gasteiger partial charge in [0.15, 0.2) is 5.65 Å². The molecule has 0 radical (unpaired) electrons. The number of nitrogens with one attached hydrogen (secondary N) is 1. The molecule has 0 aliphatic carbocycles. The van der Waals surface area contributed by atoms with E-state index in [0.29, 0.717) is 26.2 Å². The van der Waals surface area contributed by atoms with Crippen LogP contribution in [0.15, 0.2) is 6.07 Å². The molecule has 0 saturated carbocycles. The number of anilines is 1. The first-order chi connectivity index (χ1) is 11.3. The van der Waals surface area contributed by atoms with Gasteiger partial charge in [-0.2, -0.15) is 13.9 Å². The fraction of sp³-hybridized carbons (Fsp3) is 0.600. The van der Waals surface area contributed by atoms with Gasteiger partial charge in [-0.25, -0.2) is 13.4 Å². The summed E-state index contributed by atoms with van der Waals surface area (Å²) in [5.41, 5.74) is 3.72. The van der Waals surface area contributed by atoms with Gasteiger partial charge in [-0.05, 0) is 20.8 Å². The summed E-state index contributed by atoms with van der Waals surface area (Å²) in [6, 6.07) is 1.93. The highest BCUT2D eigenvalue weighted by atomic mass is 32.2. The van der Waals surface area contributed by atoms with Crippen LogP contribution in [0.2, 0.25) is 0 Å². The Bertz CT molecular complexity index is 862. The summed E-state index contributed by atoms with van der Waals surface area (Å²) in [5, 5.41) is 7.84. The van der Waals surface area contributed by atoms with E-state index in [2.05, 4.69) is 15.4 Å². The SMILES string of the molecule is Cc1cc(NC[C@@H]2CN(S(C)(=O)=O)CCO2)n2nc(C)c(C)c2n1. The van der Waals surface area contributed by atoms with Crippen molar-refractivity contribution < 1.29 is 13.2 Å². The highest BCUT2D eigenvalue weighted by molar-refractivity contribution is 7.88. The lowest BCUT2D eigenvalue weighted by molar-refractivity contribution is 0.00698. The fourth-order valence-corrected chi connectivity index (χ4v) is 3.66. The van der Waals surface area contributed by atoms with Crippen LogP contribution >= 0.6 is 0 Å². The molecule has 0 spiro atoms. The van der Waals surface area contributed by atoms with Gasteiger partial charge in [0.1, 0.15) is 5.82 Å². The van der Waals surface area contributed by atoms with E-state index in [4.69, 9.17) is 4.74 Å². The van der Waals surface area contributed by atoms with Gasteiger partial charge in [-0.15, -0.1) is 0 Å². The number of hydrogen-bond acceptors (Lipinski definition) is 6. The van der Waals surface area contributed by atoms with Crippen LogP contribution in [-0.4, -0.2) is 65.9 Å². The molecule has 0 amide bonds. The molecule has 1 saturated heterocycles. The van der Waals surface area contributed by atoms with Gasteiger partial charge in [0.2, 0.25) is 10.0 Å². The molecule has 1 aliphatic rings. The topological polar surface area (TPSA) is 88.8 Å². The molecule has 1 aliphatic heterocycles. The smallest absolute Gasteiger partial charge is 0.211 e. The third-order valence-corrected chi connectivity index (χ3v) is 5.54. The van der Waals surface area contributed by atoms with Gasteiger partial charge in [-0.1, -0.05) is 0 Å². The van der Waals surface area contributed by atoms with Crippen molar-refractivity contribution in [3.63, 3.8) is 0 Å². The minimum Gasteiger partial charge on any atom is -0.374 e. The second-order valence-corrected chi connectivity index (χ2v) is 8.21. The Morgan fingerprint density at radius 2 is 2.12 bits per heavy atom. The summed E-state index contributed by atoms with van der Waals surface area (Å²) >= 11 is 0. The molecule has 2 aromatic rings. The van der Waals surface area contributed by atoms with Crippen molar-refractivity contribution in [2.24, 2.45) is 0 Å². The largest absolute Gasteiger partial charge is 0.374 e. The number of ether oxygens (including phenoxy) is 1. The second-order valence-electron chi connectivity index (χ2n) is 6.22. The number of hydrogen-bond donors (Lipinski definition) is 1. The fourth-order valence-electron chi connectivity index (χ4n) is 2.81. The molecule has 3 heterocycles. The van der Waals surface area contributed by atoms with E-state index in [1.54, 1.807) is 4.52 Å². The predicted octanol–water partition coefficient (Wildman–Crippen LogP) is 0.727. The molecule has 0 aromatic carbocycles. The van der Waals surface area contributed by atoms with E-state index in [9.17, 15) is 8.42 Å². The molecule has 3 rings (SSSR count). The van der Waals surface area contributed by atoms with Crippen molar-refractivity contribution in [1.29, 1.82) is 0 Å². The average Bonchev–Trinajstić information content (AvgIpc) is 2.80. The summed E-state index contributed by atoms with van der Waals surface area (Å²) in [7, 11) is -3.19. The van der Waals surface area contributed by atoms with Crippen LogP contribution in [-0.2, 0) is 14.8 Å². The summed E-state index contributed by atoms with van der Waals surface area (Å²) in [5.74, 6) is 0.828. The third-order valence-electron chi connectivity index (χ3n) is 4.27. The molecule has 1 atom stereocenters. The molecule has 132 valence electrons. The molecule has 2 aromatic heterocycles. The van der Waals surface area contributed by atoms with E-state index < -0.39 is 10.0 Å². The van der Waals surface area contributed by atoms with Crippen LogP contribution in [0.3, 0.4) is 0 Å². The number of fused-ring (bicyclic) bond motifs is 1. The molecule has 0 unspecified atom stereocenters. The molecular weight excluding hydrogens is 330 g/mol. The average molecular weight is 353 g/mol. The van der Waals surface area contributed by atoms with Gasteiger partial charge in [0.05, 0.1) is 24.7 Å². The maximum atomic E-state index is 11.7. The van der Waals surface area contributed by atoms with E-state index >= 15 is 0 Å². The maximum absolute atomic E-state index is 11.7. The van der Waals surface area contributed by atoms with Gasteiger partial charge < -0.3 is 10.1 Å². The van der Waals surface area contributed by atoms with E-state index in [1.807, 2.05) is 26.8 Å². The molecule has 0 bridgehead atoms. The Morgan fingerprint density at radius 1 is 1.38 bits per heavy atom. The normalized spacial score (nSPS) is 19.8. The molecule has 1 N–H and O–H groups in total. The molecule has 8 nitrogen and oxygen atoms in total. The van der Waals surface area contributed by atoms with Crippen LogP contribution in [0.1, 0.15) is 17.0 Å². The summed E-state index contributed by atoms with van der Waals surface area (Å²) in [6.45, 7) is 7.57. The number of nitrogens with zero attached hydrogens (tertiary/aromatic N) is 4. The number of morpholine rings is 1. The van der Waals surface area contributed by atoms with Gasteiger partial charge in [0, 0.05) is 37.0 Å². The van der Waals surface area contributed by atoms with E-state index in [-0.39, 0.29) is 6.10 Å². The first kappa shape index (κ1) is 17.1. The summed E-state index contributed by atoms with van der Waals surface area (Å²) < 4.78 is 32.3. The van der Waals surface area contributed by atoms with Crippen molar-refractivity contribution in [2.75, 3.05) is 37.8 Å². The van der Waals surface area contributed by atoms with Crippen molar-refractivity contribution in [2.45, 2.75) is 26.9 Å². The third kappa shape index (κ3) is 3.38. The first-order valence-electron chi connectivity index (χ1n) is 7.90. The van der Waals surface area contributed by atoms with Crippen molar-refractivity contribution in [3.05, 3.63) is 23.0 Å². The minimum absolute atomic E-state index is 0.199. The Hall–Kier alpha value is -1.71. The van der Waals surface area contributed by atoms with Crippen LogP contribution in [0.4, 0.5) is 5.82 Å². The quantitative estimate of drug-likeness (QED) is 0.872. The highest BCUT2D eigenvalue weighted by Gasteiger charge is 2.26. The monoisotopic (exact) mass is 353 g/mol. The standard InChI is InChI=1S/C15H23N5O3S/c1-10-7-14(20-15(17-10)11(2)12(3)18-20)16-8-13-9-19(5-6-23-13)24(4,21)22/h7,13,16H,5-6,8-9H2,1-4H3/t13-/m1/s1. The molecular formula is C15H23N5O3S. The van der Waals surface area contributed by atoms with Crippen LogP contribution in [0.5, 0.6) is 0 Å². The van der Waals surface area contributed by atoms with Gasteiger partial charge in [-0.3, -0.25) is 0 Å². The number of aryl methyl sites for hydroxylation is 3. The van der Waals surface area contributed by atoms with Crippen molar-refractivity contribution in [1.82, 2.24) is 18.9 Å². The predicted molar refractivity (Wildman–Crippen MR) is 91.8 cm³/mol. The summed E-state index contributed by atoms with van der Waals surface area (Å²) in [4.78, 5) is 4.54. The summed E-state index contributed by atoms with van der Waals surface area (Å²) in [6.07, 6.45) is 1.03. The van der Waals surface area contributed by atoms with E-state index in [1.165, 1.54) is 10.6 Å². The molecule has 24 heavy (non-hydrogen) atoms. The Kier molecular flexibility index (Phi) is 4.50. The van der Waals surface area contributed by atoms with Crippen molar-refractivity contribution in [3.8, 4) is 0 Å². The maximum Gasteiger partial charge on any atom is 0.211 e. The van der Waals surface area contributed by atoms with Crippen molar-refractivity contribution >= 4 is 21.5 Å². The van der Waals surface area contributed by atoms with Crippen LogP contribution in [0, 0.1) is 20.8 Å². The Balaban J connectivity index is 1.77.